The largest absolute Gasteiger partial charge is 0.309 e. The first-order valence-corrected chi connectivity index (χ1v) is 20.3. The molecule has 0 aliphatic rings. The molecular formula is C52H33NS2. The van der Waals surface area contributed by atoms with Gasteiger partial charge in [0.15, 0.2) is 0 Å². The molecule has 0 spiro atoms. The van der Waals surface area contributed by atoms with Crippen LogP contribution in [0.1, 0.15) is 0 Å². The molecule has 55 heavy (non-hydrogen) atoms. The van der Waals surface area contributed by atoms with Gasteiger partial charge in [0.25, 0.3) is 0 Å². The minimum atomic E-state index is 1.11. The smallest absolute Gasteiger partial charge is 0.0540 e. The van der Waals surface area contributed by atoms with Crippen LogP contribution in [0, 0.1) is 0 Å². The molecule has 11 rings (SSSR count). The van der Waals surface area contributed by atoms with E-state index in [-0.39, 0.29) is 0 Å². The highest BCUT2D eigenvalue weighted by atomic mass is 32.1. The Morgan fingerprint density at radius 1 is 0.309 bits per heavy atom. The lowest BCUT2D eigenvalue weighted by Crippen LogP contribution is -2.12. The van der Waals surface area contributed by atoms with Crippen LogP contribution in [0.5, 0.6) is 0 Å². The van der Waals surface area contributed by atoms with Crippen LogP contribution in [0.4, 0.5) is 17.1 Å². The number of hydrogen-bond donors (Lipinski definition) is 0. The van der Waals surface area contributed by atoms with Crippen LogP contribution in [-0.4, -0.2) is 0 Å². The lowest BCUT2D eigenvalue weighted by atomic mass is 9.95. The molecule has 0 amide bonds. The number of thiophene rings is 2. The summed E-state index contributed by atoms with van der Waals surface area (Å²) in [6, 6.07) is 73.4. The number of nitrogens with zero attached hydrogens (tertiary/aromatic N) is 1. The van der Waals surface area contributed by atoms with Crippen LogP contribution < -0.4 is 4.90 Å². The summed E-state index contributed by atoms with van der Waals surface area (Å²) < 4.78 is 5.27. The SMILES string of the molecule is c1ccc(N(c2ccc(-c3ccc4c(c3)sc3ccccc34)cc2)c2ccccc2-c2cccc3c2sc2ccccc23)c(-c2cccc3ccccc23)c1. The molecule has 258 valence electrons. The maximum Gasteiger partial charge on any atom is 0.0540 e. The van der Waals surface area contributed by atoms with Crippen LogP contribution >= 0.6 is 22.7 Å². The number of para-hydroxylation sites is 2. The van der Waals surface area contributed by atoms with E-state index in [0.29, 0.717) is 0 Å². The Morgan fingerprint density at radius 3 is 1.60 bits per heavy atom. The average molecular weight is 736 g/mol. The van der Waals surface area contributed by atoms with E-state index in [2.05, 4.69) is 205 Å². The lowest BCUT2D eigenvalue weighted by Gasteiger charge is -2.30. The first kappa shape index (κ1) is 32.0. The molecule has 0 aliphatic heterocycles. The third kappa shape index (κ3) is 5.35. The average Bonchev–Trinajstić information content (AvgIpc) is 3.83. The van der Waals surface area contributed by atoms with E-state index in [1.54, 1.807) is 0 Å². The molecule has 0 saturated carbocycles. The summed E-state index contributed by atoms with van der Waals surface area (Å²) in [7, 11) is 0. The highest BCUT2D eigenvalue weighted by molar-refractivity contribution is 7.26. The molecule has 2 aromatic heterocycles. The highest BCUT2D eigenvalue weighted by Crippen LogP contribution is 2.48. The molecule has 9 aromatic carbocycles. The van der Waals surface area contributed by atoms with E-state index in [1.807, 2.05) is 22.7 Å². The van der Waals surface area contributed by atoms with Crippen molar-refractivity contribution in [2.75, 3.05) is 4.90 Å². The fourth-order valence-corrected chi connectivity index (χ4v) is 10.7. The van der Waals surface area contributed by atoms with Gasteiger partial charge in [-0.2, -0.15) is 0 Å². The quantitative estimate of drug-likeness (QED) is 0.164. The first-order valence-electron chi connectivity index (χ1n) is 18.7. The predicted octanol–water partition coefficient (Wildman–Crippen LogP) is 16.0. The zero-order chi connectivity index (χ0) is 36.3. The molecular weight excluding hydrogens is 703 g/mol. The zero-order valence-electron chi connectivity index (χ0n) is 29.8. The van der Waals surface area contributed by atoms with Gasteiger partial charge in [0.1, 0.15) is 0 Å². The molecule has 1 nitrogen and oxygen atoms in total. The van der Waals surface area contributed by atoms with Crippen molar-refractivity contribution >= 4 is 90.9 Å². The predicted molar refractivity (Wildman–Crippen MR) is 241 cm³/mol. The van der Waals surface area contributed by atoms with Gasteiger partial charge in [0.05, 0.1) is 11.4 Å². The summed E-state index contributed by atoms with van der Waals surface area (Å²) in [4.78, 5) is 2.47. The van der Waals surface area contributed by atoms with E-state index in [1.165, 1.54) is 84.5 Å². The van der Waals surface area contributed by atoms with E-state index in [4.69, 9.17) is 0 Å². The normalized spacial score (nSPS) is 11.6. The van der Waals surface area contributed by atoms with Crippen molar-refractivity contribution < 1.29 is 0 Å². The standard InChI is InChI=1S/C52H33NS2/c1-2-15-38-35(13-1)14-11-20-39(38)40-16-3-7-23-47(40)53(37-30-27-34(28-31-37)36-29-32-44-42-18-5-9-25-49(42)54-51(44)33-36)48-24-8-4-17-41(48)45-21-12-22-46-43-19-6-10-26-50(43)55-52(45)46/h1-33H. The van der Waals surface area contributed by atoms with Gasteiger partial charge in [-0.15, -0.1) is 22.7 Å². The Labute approximate surface area is 327 Å². The summed E-state index contributed by atoms with van der Waals surface area (Å²) in [5.41, 5.74) is 10.7. The lowest BCUT2D eigenvalue weighted by molar-refractivity contribution is 1.29. The molecule has 0 fully saturated rings. The number of fused-ring (bicyclic) bond motifs is 7. The van der Waals surface area contributed by atoms with Gasteiger partial charge < -0.3 is 4.90 Å². The molecule has 2 heterocycles. The molecule has 11 aromatic rings. The summed E-state index contributed by atoms with van der Waals surface area (Å²) in [6.45, 7) is 0. The first-order chi connectivity index (χ1) is 27.3. The van der Waals surface area contributed by atoms with Gasteiger partial charge in [0, 0.05) is 62.7 Å². The van der Waals surface area contributed by atoms with Crippen LogP contribution in [0.2, 0.25) is 0 Å². The molecule has 0 N–H and O–H groups in total. The second kappa shape index (κ2) is 13.1. The van der Waals surface area contributed by atoms with Gasteiger partial charge in [-0.3, -0.25) is 0 Å². The van der Waals surface area contributed by atoms with Crippen molar-refractivity contribution in [2.45, 2.75) is 0 Å². The minimum absolute atomic E-state index is 1.11. The van der Waals surface area contributed by atoms with Crippen LogP contribution in [-0.2, 0) is 0 Å². The van der Waals surface area contributed by atoms with Crippen molar-refractivity contribution in [3.63, 3.8) is 0 Å². The molecule has 0 unspecified atom stereocenters. The van der Waals surface area contributed by atoms with E-state index >= 15 is 0 Å². The second-order valence-corrected chi connectivity index (χ2v) is 16.2. The number of rotatable bonds is 6. The molecule has 0 atom stereocenters. The maximum atomic E-state index is 2.47. The van der Waals surface area contributed by atoms with E-state index < -0.39 is 0 Å². The summed E-state index contributed by atoms with van der Waals surface area (Å²) >= 11 is 3.75. The van der Waals surface area contributed by atoms with Gasteiger partial charge in [-0.25, -0.2) is 0 Å². The van der Waals surface area contributed by atoms with Crippen LogP contribution in [0.15, 0.2) is 200 Å². The number of benzene rings is 9. The van der Waals surface area contributed by atoms with Crippen molar-refractivity contribution in [1.29, 1.82) is 0 Å². The van der Waals surface area contributed by atoms with Gasteiger partial charge in [0.2, 0.25) is 0 Å². The summed E-state index contributed by atoms with van der Waals surface area (Å²) in [6.07, 6.45) is 0. The summed E-state index contributed by atoms with van der Waals surface area (Å²) in [5, 5.41) is 7.74. The number of anilines is 3. The fraction of sp³-hybridized carbons (Fsp3) is 0. The van der Waals surface area contributed by atoms with Gasteiger partial charge in [-0.1, -0.05) is 158 Å². The summed E-state index contributed by atoms with van der Waals surface area (Å²) in [5.74, 6) is 0. The van der Waals surface area contributed by atoms with E-state index in [9.17, 15) is 0 Å². The molecule has 0 bridgehead atoms. The van der Waals surface area contributed by atoms with Gasteiger partial charge in [-0.05, 0) is 69.9 Å². The highest BCUT2D eigenvalue weighted by Gasteiger charge is 2.22. The molecule has 3 heteroatoms. The van der Waals surface area contributed by atoms with Crippen molar-refractivity contribution in [3.8, 4) is 33.4 Å². The number of hydrogen-bond acceptors (Lipinski definition) is 3. The molecule has 0 aliphatic carbocycles. The second-order valence-electron chi connectivity index (χ2n) is 14.0. The van der Waals surface area contributed by atoms with E-state index in [0.717, 1.165) is 17.1 Å². The van der Waals surface area contributed by atoms with Gasteiger partial charge >= 0.3 is 0 Å². The Hall–Kier alpha value is -6.52. The Bertz CT molecular complexity index is 3220. The van der Waals surface area contributed by atoms with Crippen LogP contribution in [0.25, 0.3) is 84.5 Å². The molecule has 0 radical (unpaired) electrons. The third-order valence-electron chi connectivity index (χ3n) is 10.9. The van der Waals surface area contributed by atoms with Crippen molar-refractivity contribution in [3.05, 3.63) is 200 Å². The maximum absolute atomic E-state index is 2.47. The topological polar surface area (TPSA) is 3.24 Å². The van der Waals surface area contributed by atoms with Crippen molar-refractivity contribution in [2.24, 2.45) is 0 Å². The van der Waals surface area contributed by atoms with Crippen molar-refractivity contribution in [1.82, 2.24) is 0 Å². The Kier molecular flexibility index (Phi) is 7.61. The zero-order valence-corrected chi connectivity index (χ0v) is 31.4. The minimum Gasteiger partial charge on any atom is -0.309 e. The monoisotopic (exact) mass is 735 g/mol. The fourth-order valence-electron chi connectivity index (χ4n) is 8.33. The Morgan fingerprint density at radius 2 is 0.818 bits per heavy atom. The Balaban J connectivity index is 1.11. The third-order valence-corrected chi connectivity index (χ3v) is 13.3. The van der Waals surface area contributed by atoms with Crippen LogP contribution in [0.3, 0.4) is 0 Å². The molecule has 0 saturated heterocycles.